The summed E-state index contributed by atoms with van der Waals surface area (Å²) in [6.45, 7) is 7.18. The quantitative estimate of drug-likeness (QED) is 0.383. The van der Waals surface area contributed by atoms with Crippen molar-refractivity contribution < 1.29 is 0 Å². The van der Waals surface area contributed by atoms with E-state index in [4.69, 9.17) is 0 Å². The van der Waals surface area contributed by atoms with Gasteiger partial charge in [0.1, 0.15) is 0 Å². The molecule has 0 aliphatic rings. The van der Waals surface area contributed by atoms with Gasteiger partial charge in [-0.3, -0.25) is 0 Å². The molecule has 0 unspecified atom stereocenters. The van der Waals surface area contributed by atoms with Crippen LogP contribution in [-0.2, 0) is 0 Å². The molecule has 0 atom stereocenters. The van der Waals surface area contributed by atoms with E-state index >= 15 is 0 Å². The molecule has 1 nitrogen and oxygen atoms in total. The molecule has 0 spiro atoms. The van der Waals surface area contributed by atoms with Crippen molar-refractivity contribution >= 4 is 56.1 Å². The Bertz CT molecular complexity index is 1040. The van der Waals surface area contributed by atoms with Crippen molar-refractivity contribution in [3.8, 4) is 0 Å². The molecule has 25 heavy (non-hydrogen) atoms. The van der Waals surface area contributed by atoms with E-state index < -0.39 is 8.07 Å². The first-order valence-corrected chi connectivity index (χ1v) is 13.0. The molecule has 0 amide bonds. The van der Waals surface area contributed by atoms with Gasteiger partial charge in [0, 0.05) is 28.2 Å². The maximum Gasteiger partial charge on any atom is 0.0775 e. The van der Waals surface area contributed by atoms with Gasteiger partial charge in [-0.1, -0.05) is 67.3 Å². The zero-order valence-electron chi connectivity index (χ0n) is 15.2. The highest BCUT2D eigenvalue weighted by Gasteiger charge is 2.17. The lowest BCUT2D eigenvalue weighted by Gasteiger charge is -2.22. The molecule has 0 saturated carbocycles. The van der Waals surface area contributed by atoms with E-state index in [1.54, 1.807) is 0 Å². The van der Waals surface area contributed by atoms with Crippen LogP contribution in [0.15, 0.2) is 66.7 Å². The first kappa shape index (κ1) is 16.4. The number of rotatable bonds is 3. The summed E-state index contributed by atoms with van der Waals surface area (Å²) in [5, 5.41) is 4.21. The lowest BCUT2D eigenvalue weighted by Crippen LogP contribution is -2.37. The van der Waals surface area contributed by atoms with E-state index in [9.17, 15) is 0 Å². The highest BCUT2D eigenvalue weighted by atomic mass is 32.1. The summed E-state index contributed by atoms with van der Waals surface area (Å²) in [6.07, 6.45) is 0. The number of fused-ring (bicyclic) bond motifs is 3. The summed E-state index contributed by atoms with van der Waals surface area (Å²) in [4.78, 5) is 2.31. The van der Waals surface area contributed by atoms with Crippen molar-refractivity contribution in [2.24, 2.45) is 0 Å². The van der Waals surface area contributed by atoms with Gasteiger partial charge in [0.25, 0.3) is 0 Å². The predicted molar refractivity (Wildman–Crippen MR) is 117 cm³/mol. The summed E-state index contributed by atoms with van der Waals surface area (Å²) in [7, 11) is 0.917. The van der Waals surface area contributed by atoms with Crippen molar-refractivity contribution in [1.82, 2.24) is 0 Å². The second-order valence-electron chi connectivity index (χ2n) is 7.61. The van der Waals surface area contributed by atoms with Crippen LogP contribution < -0.4 is 10.1 Å². The van der Waals surface area contributed by atoms with Gasteiger partial charge in [-0.15, -0.1) is 11.3 Å². The minimum absolute atomic E-state index is 1.24. The first-order valence-electron chi connectivity index (χ1n) is 8.70. The van der Waals surface area contributed by atoms with Gasteiger partial charge < -0.3 is 4.90 Å². The van der Waals surface area contributed by atoms with E-state index in [2.05, 4.69) is 98.3 Å². The smallest absolute Gasteiger partial charge is 0.0775 e. The third-order valence-corrected chi connectivity index (χ3v) is 8.14. The van der Waals surface area contributed by atoms with Crippen molar-refractivity contribution in [3.63, 3.8) is 0 Å². The van der Waals surface area contributed by atoms with E-state index in [0.717, 1.165) is 0 Å². The van der Waals surface area contributed by atoms with Crippen LogP contribution in [0.4, 0.5) is 11.4 Å². The standard InChI is InChI=1S/C22H23NSSi/c1-23(16-12-14-17(15-13-16)25(2,3)4)20-10-7-9-19-18-8-5-6-11-21(18)24-22(19)20/h5-15H,1-4H3. The van der Waals surface area contributed by atoms with E-state index in [-0.39, 0.29) is 0 Å². The zero-order valence-corrected chi connectivity index (χ0v) is 17.0. The van der Waals surface area contributed by atoms with Crippen molar-refractivity contribution in [2.75, 3.05) is 11.9 Å². The molecular formula is C22H23NSSi. The van der Waals surface area contributed by atoms with Crippen LogP contribution in [0.2, 0.25) is 19.6 Å². The predicted octanol–water partition coefficient (Wildman–Crippen LogP) is 6.37. The number of thiophene rings is 1. The van der Waals surface area contributed by atoms with Crippen molar-refractivity contribution in [3.05, 3.63) is 66.7 Å². The Morgan fingerprint density at radius 3 is 2.16 bits per heavy atom. The van der Waals surface area contributed by atoms with Gasteiger partial charge in [-0.2, -0.15) is 0 Å². The van der Waals surface area contributed by atoms with Crippen molar-refractivity contribution in [1.29, 1.82) is 0 Å². The molecule has 4 rings (SSSR count). The number of nitrogens with zero attached hydrogens (tertiary/aromatic N) is 1. The monoisotopic (exact) mass is 361 g/mol. The van der Waals surface area contributed by atoms with Gasteiger partial charge in [0.2, 0.25) is 0 Å². The van der Waals surface area contributed by atoms with Crippen LogP contribution in [0.5, 0.6) is 0 Å². The summed E-state index contributed by atoms with van der Waals surface area (Å²) < 4.78 is 2.72. The summed E-state index contributed by atoms with van der Waals surface area (Å²) in [5.74, 6) is 0. The Balaban J connectivity index is 1.81. The zero-order chi connectivity index (χ0) is 17.6. The highest BCUT2D eigenvalue weighted by molar-refractivity contribution is 7.26. The Kier molecular flexibility index (Phi) is 3.93. The highest BCUT2D eigenvalue weighted by Crippen LogP contribution is 2.40. The average molecular weight is 362 g/mol. The normalized spacial score (nSPS) is 12.0. The first-order chi connectivity index (χ1) is 11.9. The van der Waals surface area contributed by atoms with E-state index in [1.807, 2.05) is 11.3 Å². The number of benzene rings is 3. The summed E-state index contributed by atoms with van der Waals surface area (Å²) >= 11 is 1.88. The second-order valence-corrected chi connectivity index (χ2v) is 13.7. The van der Waals surface area contributed by atoms with Gasteiger partial charge >= 0.3 is 0 Å². The Morgan fingerprint density at radius 2 is 1.44 bits per heavy atom. The SMILES string of the molecule is CN(c1ccc([Si](C)(C)C)cc1)c1cccc2c1sc1ccccc12. The van der Waals surface area contributed by atoms with Crippen LogP contribution in [0.1, 0.15) is 0 Å². The summed E-state index contributed by atoms with van der Waals surface area (Å²) in [6, 6.07) is 24.5. The van der Waals surface area contributed by atoms with Gasteiger partial charge in [0.15, 0.2) is 0 Å². The molecule has 4 aromatic rings. The Labute approximate surface area is 154 Å². The van der Waals surface area contributed by atoms with Gasteiger partial charge in [0.05, 0.1) is 18.5 Å². The third-order valence-electron chi connectivity index (χ3n) is 4.87. The fraction of sp³-hybridized carbons (Fsp3) is 0.182. The third kappa shape index (κ3) is 2.88. The molecule has 0 fully saturated rings. The Hall–Kier alpha value is -2.10. The molecule has 0 bridgehead atoms. The maximum absolute atomic E-state index is 2.39. The summed E-state index contributed by atoms with van der Waals surface area (Å²) in [5.41, 5.74) is 2.52. The minimum Gasteiger partial charge on any atom is -0.343 e. The largest absolute Gasteiger partial charge is 0.343 e. The van der Waals surface area contributed by atoms with E-state index in [1.165, 1.54) is 36.7 Å². The number of hydrogen-bond donors (Lipinski definition) is 0. The lowest BCUT2D eigenvalue weighted by molar-refractivity contribution is 1.23. The lowest BCUT2D eigenvalue weighted by atomic mass is 10.1. The van der Waals surface area contributed by atoms with Crippen LogP contribution >= 0.6 is 11.3 Å². The fourth-order valence-electron chi connectivity index (χ4n) is 3.32. The average Bonchev–Trinajstić information content (AvgIpc) is 2.99. The molecule has 1 aromatic heterocycles. The van der Waals surface area contributed by atoms with E-state index in [0.29, 0.717) is 0 Å². The molecule has 0 N–H and O–H groups in total. The van der Waals surface area contributed by atoms with Crippen molar-refractivity contribution in [2.45, 2.75) is 19.6 Å². The second kappa shape index (κ2) is 6.01. The molecule has 0 radical (unpaired) electrons. The van der Waals surface area contributed by atoms with Gasteiger partial charge in [-0.25, -0.2) is 0 Å². The molecular weight excluding hydrogens is 338 g/mol. The number of hydrogen-bond acceptors (Lipinski definition) is 2. The van der Waals surface area contributed by atoms with Crippen LogP contribution in [0, 0.1) is 0 Å². The van der Waals surface area contributed by atoms with Crippen LogP contribution in [0.3, 0.4) is 0 Å². The molecule has 3 heteroatoms. The molecule has 0 aliphatic carbocycles. The topological polar surface area (TPSA) is 3.24 Å². The minimum atomic E-state index is -1.25. The molecule has 1 heterocycles. The fourth-order valence-corrected chi connectivity index (χ4v) is 5.74. The Morgan fingerprint density at radius 1 is 0.760 bits per heavy atom. The molecule has 0 saturated heterocycles. The molecule has 126 valence electrons. The molecule has 3 aromatic carbocycles. The van der Waals surface area contributed by atoms with Crippen LogP contribution in [-0.4, -0.2) is 15.1 Å². The maximum atomic E-state index is 2.39. The van der Waals surface area contributed by atoms with Gasteiger partial charge in [-0.05, 0) is 24.3 Å². The number of anilines is 2. The van der Waals surface area contributed by atoms with Crippen LogP contribution in [0.25, 0.3) is 20.2 Å². The molecule has 0 aliphatic heterocycles.